The molecule has 0 bridgehead atoms. The zero-order valence-electron chi connectivity index (χ0n) is 14.5. The van der Waals surface area contributed by atoms with E-state index >= 15 is 0 Å². The van der Waals surface area contributed by atoms with E-state index in [9.17, 15) is 13.7 Å². The van der Waals surface area contributed by atoms with Crippen LogP contribution >= 0.6 is 0 Å². The molecule has 140 valence electrons. The molecule has 0 saturated carbocycles. The number of nitrogens with two attached hydrogens (primary N) is 1. The molecule has 0 amide bonds. The Bertz CT molecular complexity index is 1150. The molecule has 1 fully saturated rings. The number of hydrogen-bond donors (Lipinski definition) is 2. The summed E-state index contributed by atoms with van der Waals surface area (Å²) in [7, 11) is -3.32. The van der Waals surface area contributed by atoms with Crippen LogP contribution in [0.15, 0.2) is 18.5 Å². The number of aromatic nitrogens is 6. The number of rotatable bonds is 5. The van der Waals surface area contributed by atoms with E-state index in [4.69, 9.17) is 5.73 Å². The largest absolute Gasteiger partial charge is 0.366 e. The Morgan fingerprint density at radius 1 is 1.44 bits per heavy atom. The Labute approximate surface area is 154 Å². The molecule has 0 radical (unpaired) electrons. The van der Waals surface area contributed by atoms with Crippen LogP contribution in [0.25, 0.3) is 17.0 Å². The van der Waals surface area contributed by atoms with E-state index in [0.717, 1.165) is 0 Å². The molecule has 0 spiro atoms. The predicted octanol–water partition coefficient (Wildman–Crippen LogP) is -0.0866. The van der Waals surface area contributed by atoms with Gasteiger partial charge in [-0.25, -0.2) is 13.4 Å². The summed E-state index contributed by atoms with van der Waals surface area (Å²) in [4.78, 5) is 8.49. The second-order valence-electron chi connectivity index (χ2n) is 6.45. The first kappa shape index (κ1) is 17.4. The SMILES string of the molecule is CCS(=O)(=O)N1CC(CC#N)(c2[nH]ncc2-c2nccc3nc(N)nn23)C1. The summed E-state index contributed by atoms with van der Waals surface area (Å²) in [5.41, 5.74) is 6.83. The zero-order valence-corrected chi connectivity index (χ0v) is 15.3. The quantitative estimate of drug-likeness (QED) is 0.614. The number of nitrogens with zero attached hydrogens (tertiary/aromatic N) is 7. The summed E-state index contributed by atoms with van der Waals surface area (Å²) < 4.78 is 27.2. The van der Waals surface area contributed by atoms with Crippen molar-refractivity contribution in [1.29, 1.82) is 5.26 Å². The second kappa shape index (κ2) is 6.00. The van der Waals surface area contributed by atoms with Crippen molar-refractivity contribution in [3.05, 3.63) is 24.2 Å². The molecule has 27 heavy (non-hydrogen) atoms. The Balaban J connectivity index is 1.80. The van der Waals surface area contributed by atoms with Crippen LogP contribution < -0.4 is 5.73 Å². The number of sulfonamides is 1. The van der Waals surface area contributed by atoms with Crippen molar-refractivity contribution in [3.8, 4) is 17.5 Å². The lowest BCUT2D eigenvalue weighted by atomic mass is 9.74. The first-order valence-electron chi connectivity index (χ1n) is 8.26. The van der Waals surface area contributed by atoms with Crippen molar-refractivity contribution in [1.82, 2.24) is 34.1 Å². The van der Waals surface area contributed by atoms with E-state index < -0.39 is 15.4 Å². The summed E-state index contributed by atoms with van der Waals surface area (Å²) >= 11 is 0. The molecular formula is C15H17N9O2S. The molecule has 0 unspecified atom stereocenters. The van der Waals surface area contributed by atoms with Gasteiger partial charge in [-0.1, -0.05) is 0 Å². The van der Waals surface area contributed by atoms with E-state index in [1.54, 1.807) is 25.4 Å². The lowest BCUT2D eigenvalue weighted by Gasteiger charge is -2.47. The second-order valence-corrected chi connectivity index (χ2v) is 8.71. The number of H-pyrrole nitrogens is 1. The maximum atomic E-state index is 12.1. The summed E-state index contributed by atoms with van der Waals surface area (Å²) in [6.07, 6.45) is 3.32. The molecular weight excluding hydrogens is 370 g/mol. The molecule has 3 N–H and O–H groups in total. The van der Waals surface area contributed by atoms with Crippen molar-refractivity contribution in [2.75, 3.05) is 24.6 Å². The monoisotopic (exact) mass is 387 g/mol. The average molecular weight is 387 g/mol. The molecule has 1 aliphatic heterocycles. The molecule has 3 aromatic rings. The van der Waals surface area contributed by atoms with E-state index in [2.05, 4.69) is 31.3 Å². The van der Waals surface area contributed by atoms with Crippen LogP contribution in [0, 0.1) is 11.3 Å². The van der Waals surface area contributed by atoms with Gasteiger partial charge in [-0.3, -0.25) is 5.10 Å². The van der Waals surface area contributed by atoms with Gasteiger partial charge < -0.3 is 5.73 Å². The molecule has 4 rings (SSSR count). The number of nitrogen functional groups attached to an aromatic ring is 1. The highest BCUT2D eigenvalue weighted by atomic mass is 32.2. The Kier molecular flexibility index (Phi) is 3.86. The van der Waals surface area contributed by atoms with Crippen LogP contribution in [-0.4, -0.2) is 61.3 Å². The van der Waals surface area contributed by atoms with Crippen LogP contribution in [0.3, 0.4) is 0 Å². The molecule has 0 aromatic carbocycles. The van der Waals surface area contributed by atoms with Gasteiger partial charge >= 0.3 is 0 Å². The molecule has 11 nitrogen and oxygen atoms in total. The normalized spacial score (nSPS) is 16.9. The van der Waals surface area contributed by atoms with Crippen LogP contribution in [0.5, 0.6) is 0 Å². The molecule has 3 aromatic heterocycles. The molecule has 4 heterocycles. The lowest BCUT2D eigenvalue weighted by Crippen LogP contribution is -2.61. The van der Waals surface area contributed by atoms with Crippen LogP contribution in [0.2, 0.25) is 0 Å². The van der Waals surface area contributed by atoms with Gasteiger partial charge in [0.05, 0.1) is 34.7 Å². The van der Waals surface area contributed by atoms with Crippen LogP contribution in [0.4, 0.5) is 5.95 Å². The predicted molar refractivity (Wildman–Crippen MR) is 95.7 cm³/mol. The number of nitriles is 1. The molecule has 1 aliphatic rings. The summed E-state index contributed by atoms with van der Waals surface area (Å²) in [5, 5.41) is 20.5. The fourth-order valence-corrected chi connectivity index (χ4v) is 4.65. The third-order valence-electron chi connectivity index (χ3n) is 4.81. The van der Waals surface area contributed by atoms with E-state index in [1.807, 2.05) is 0 Å². The standard InChI is InChI=1S/C15H17N9O2S/c1-2-27(25,26)23-8-15(9-23,4-5-16)12-10(7-19-21-12)13-18-6-3-11-20-14(17)22-24(11)13/h3,6-7H,2,4,8-9H2,1H3,(H2,17,22)(H,19,21). The Morgan fingerprint density at radius 2 is 2.22 bits per heavy atom. The first-order valence-corrected chi connectivity index (χ1v) is 9.87. The fraction of sp³-hybridized carbons (Fsp3) is 0.400. The van der Waals surface area contributed by atoms with Crippen LogP contribution in [0.1, 0.15) is 19.0 Å². The maximum Gasteiger partial charge on any atom is 0.240 e. The maximum absolute atomic E-state index is 12.1. The van der Waals surface area contributed by atoms with Crippen molar-refractivity contribution < 1.29 is 8.42 Å². The smallest absolute Gasteiger partial charge is 0.240 e. The molecule has 0 atom stereocenters. The van der Waals surface area contributed by atoms with E-state index in [-0.39, 0.29) is 31.2 Å². The minimum absolute atomic E-state index is 0.0184. The van der Waals surface area contributed by atoms with Crippen molar-refractivity contribution in [3.63, 3.8) is 0 Å². The highest BCUT2D eigenvalue weighted by Crippen LogP contribution is 2.42. The zero-order chi connectivity index (χ0) is 19.2. The van der Waals surface area contributed by atoms with Gasteiger partial charge in [-0.15, -0.1) is 5.10 Å². The third-order valence-corrected chi connectivity index (χ3v) is 6.59. The number of nitrogens with one attached hydrogen (secondary N) is 1. The molecule has 1 saturated heterocycles. The number of fused-ring (bicyclic) bond motifs is 1. The van der Waals surface area contributed by atoms with Gasteiger partial charge in [0.15, 0.2) is 11.5 Å². The number of aromatic amines is 1. The minimum Gasteiger partial charge on any atom is -0.366 e. The average Bonchev–Trinajstić information content (AvgIpc) is 3.23. The Hall–Kier alpha value is -3.04. The highest BCUT2D eigenvalue weighted by molar-refractivity contribution is 7.89. The third kappa shape index (κ3) is 2.63. The van der Waals surface area contributed by atoms with Gasteiger partial charge in [0.25, 0.3) is 0 Å². The van der Waals surface area contributed by atoms with E-state index in [1.165, 1.54) is 8.82 Å². The fourth-order valence-electron chi connectivity index (χ4n) is 3.40. The van der Waals surface area contributed by atoms with Crippen molar-refractivity contribution in [2.45, 2.75) is 18.8 Å². The topological polar surface area (TPSA) is 159 Å². The molecule has 12 heteroatoms. The Morgan fingerprint density at radius 3 is 2.93 bits per heavy atom. The van der Waals surface area contributed by atoms with Gasteiger partial charge in [0.2, 0.25) is 16.0 Å². The van der Waals surface area contributed by atoms with Gasteiger partial charge in [0, 0.05) is 31.8 Å². The van der Waals surface area contributed by atoms with Gasteiger partial charge in [-0.05, 0) is 6.92 Å². The van der Waals surface area contributed by atoms with Gasteiger partial charge in [0.1, 0.15) is 0 Å². The lowest BCUT2D eigenvalue weighted by molar-refractivity contribution is 0.152. The summed E-state index contributed by atoms with van der Waals surface area (Å²) in [6, 6.07) is 3.84. The van der Waals surface area contributed by atoms with Crippen molar-refractivity contribution in [2.24, 2.45) is 0 Å². The number of hydrogen-bond acceptors (Lipinski definition) is 8. The first-order chi connectivity index (χ1) is 12.9. The van der Waals surface area contributed by atoms with Gasteiger partial charge in [-0.2, -0.15) is 24.2 Å². The molecule has 0 aliphatic carbocycles. The minimum atomic E-state index is -3.32. The van der Waals surface area contributed by atoms with Crippen LogP contribution in [-0.2, 0) is 15.4 Å². The number of anilines is 1. The summed E-state index contributed by atoms with van der Waals surface area (Å²) in [6.45, 7) is 2.02. The summed E-state index contributed by atoms with van der Waals surface area (Å²) in [5.74, 6) is 0.601. The highest BCUT2D eigenvalue weighted by Gasteiger charge is 2.51. The van der Waals surface area contributed by atoms with Crippen molar-refractivity contribution >= 4 is 21.6 Å². The van der Waals surface area contributed by atoms with E-state index in [0.29, 0.717) is 22.7 Å².